The van der Waals surface area contributed by atoms with Crippen molar-refractivity contribution in [2.75, 3.05) is 19.5 Å². The SMILES string of the molecule is CO/C(C)=C/C=C\C(C(=O)Cl)=C(/C)COc1nc(C)ccc1N. The van der Waals surface area contributed by atoms with Crippen molar-refractivity contribution in [2.24, 2.45) is 0 Å². The summed E-state index contributed by atoms with van der Waals surface area (Å²) in [7, 11) is 1.57. The minimum atomic E-state index is -0.559. The summed E-state index contributed by atoms with van der Waals surface area (Å²) in [5, 5.41) is -0.559. The van der Waals surface area contributed by atoms with E-state index in [0.29, 0.717) is 28.5 Å². The number of allylic oxidation sites excluding steroid dienone is 5. The molecule has 124 valence electrons. The first-order valence-electron chi connectivity index (χ1n) is 6.99. The lowest BCUT2D eigenvalue weighted by Gasteiger charge is -2.10. The van der Waals surface area contributed by atoms with Crippen LogP contribution in [-0.4, -0.2) is 23.9 Å². The van der Waals surface area contributed by atoms with Gasteiger partial charge in [-0.05, 0) is 62.2 Å². The van der Waals surface area contributed by atoms with Crippen LogP contribution in [-0.2, 0) is 9.53 Å². The van der Waals surface area contributed by atoms with E-state index in [-0.39, 0.29) is 6.61 Å². The average molecular weight is 337 g/mol. The summed E-state index contributed by atoms with van der Waals surface area (Å²) < 4.78 is 10.6. The van der Waals surface area contributed by atoms with Gasteiger partial charge in [-0.15, -0.1) is 0 Å². The van der Waals surface area contributed by atoms with Gasteiger partial charge in [0.05, 0.1) is 18.6 Å². The van der Waals surface area contributed by atoms with E-state index >= 15 is 0 Å². The van der Waals surface area contributed by atoms with Crippen LogP contribution in [0.4, 0.5) is 5.69 Å². The average Bonchev–Trinajstić information content (AvgIpc) is 2.51. The first kappa shape index (κ1) is 18.8. The Bertz CT molecular complexity index is 664. The zero-order valence-corrected chi connectivity index (χ0v) is 14.5. The van der Waals surface area contributed by atoms with Gasteiger partial charge >= 0.3 is 0 Å². The minimum absolute atomic E-state index is 0.158. The predicted octanol–water partition coefficient (Wildman–Crippen LogP) is 3.54. The van der Waals surface area contributed by atoms with Crippen LogP contribution in [0.1, 0.15) is 19.5 Å². The van der Waals surface area contributed by atoms with Crippen molar-refractivity contribution in [2.45, 2.75) is 20.8 Å². The molecule has 0 spiro atoms. The van der Waals surface area contributed by atoms with Crippen LogP contribution in [0.3, 0.4) is 0 Å². The highest BCUT2D eigenvalue weighted by molar-refractivity contribution is 6.68. The lowest BCUT2D eigenvalue weighted by Crippen LogP contribution is -2.07. The van der Waals surface area contributed by atoms with Crippen LogP contribution in [0.2, 0.25) is 0 Å². The monoisotopic (exact) mass is 336 g/mol. The predicted molar refractivity (Wildman–Crippen MR) is 92.3 cm³/mol. The molecule has 0 amide bonds. The summed E-state index contributed by atoms with van der Waals surface area (Å²) in [6, 6.07) is 3.52. The summed E-state index contributed by atoms with van der Waals surface area (Å²) >= 11 is 5.63. The van der Waals surface area contributed by atoms with Crippen molar-refractivity contribution in [3.8, 4) is 5.88 Å². The van der Waals surface area contributed by atoms with E-state index in [0.717, 1.165) is 5.69 Å². The third-order valence-corrected chi connectivity index (χ3v) is 3.25. The third-order valence-electron chi connectivity index (χ3n) is 3.04. The molecule has 23 heavy (non-hydrogen) atoms. The first-order valence-corrected chi connectivity index (χ1v) is 7.37. The quantitative estimate of drug-likeness (QED) is 0.357. The zero-order valence-electron chi connectivity index (χ0n) is 13.7. The molecule has 0 aliphatic rings. The first-order chi connectivity index (χ1) is 10.8. The molecule has 1 aromatic heterocycles. The molecule has 0 atom stereocenters. The molecule has 0 radical (unpaired) electrons. The molecule has 0 aromatic carbocycles. The van der Waals surface area contributed by atoms with Gasteiger partial charge in [-0.25, -0.2) is 4.98 Å². The lowest BCUT2D eigenvalue weighted by molar-refractivity contribution is -0.108. The Morgan fingerprint density at radius 1 is 1.39 bits per heavy atom. The van der Waals surface area contributed by atoms with E-state index in [9.17, 15) is 4.79 Å². The molecule has 1 aromatic rings. The number of hydrogen-bond donors (Lipinski definition) is 1. The standard InChI is InChI=1S/C17H21ClN2O3/c1-11(10-23-17-15(19)9-8-12(2)20-17)14(16(18)21)7-5-6-13(3)22-4/h5-9H,10,19H2,1-4H3/b7-5-,13-6+,14-11-. The van der Waals surface area contributed by atoms with Crippen LogP contribution in [0.5, 0.6) is 5.88 Å². The summed E-state index contributed by atoms with van der Waals surface area (Å²) in [4.78, 5) is 15.8. The van der Waals surface area contributed by atoms with E-state index in [2.05, 4.69) is 4.98 Å². The zero-order chi connectivity index (χ0) is 17.4. The molecule has 0 saturated carbocycles. The van der Waals surface area contributed by atoms with Crippen LogP contribution < -0.4 is 10.5 Å². The Morgan fingerprint density at radius 3 is 2.70 bits per heavy atom. The van der Waals surface area contributed by atoms with Crippen molar-refractivity contribution in [1.82, 2.24) is 4.98 Å². The highest BCUT2D eigenvalue weighted by Crippen LogP contribution is 2.20. The van der Waals surface area contributed by atoms with Gasteiger partial charge in [-0.2, -0.15) is 0 Å². The number of aromatic nitrogens is 1. The summed E-state index contributed by atoms with van der Waals surface area (Å²) in [5.41, 5.74) is 8.08. The van der Waals surface area contributed by atoms with Crippen LogP contribution in [0, 0.1) is 6.92 Å². The van der Waals surface area contributed by atoms with Gasteiger partial charge in [-0.3, -0.25) is 4.79 Å². The van der Waals surface area contributed by atoms with Crippen molar-refractivity contribution in [1.29, 1.82) is 0 Å². The highest BCUT2D eigenvalue weighted by atomic mass is 35.5. The van der Waals surface area contributed by atoms with Gasteiger partial charge in [0.2, 0.25) is 5.88 Å². The highest BCUT2D eigenvalue weighted by Gasteiger charge is 2.09. The van der Waals surface area contributed by atoms with Crippen LogP contribution in [0.15, 0.2) is 47.3 Å². The van der Waals surface area contributed by atoms with E-state index in [1.54, 1.807) is 51.3 Å². The number of nitrogen functional groups attached to an aromatic ring is 1. The van der Waals surface area contributed by atoms with Gasteiger partial charge < -0.3 is 15.2 Å². The normalized spacial score (nSPS) is 13.0. The number of anilines is 1. The Morgan fingerprint density at radius 2 is 2.09 bits per heavy atom. The largest absolute Gasteiger partial charge is 0.501 e. The second-order valence-corrected chi connectivity index (χ2v) is 5.29. The minimum Gasteiger partial charge on any atom is -0.501 e. The molecule has 0 bridgehead atoms. The molecule has 0 fully saturated rings. The Labute approximate surface area is 141 Å². The molecule has 1 heterocycles. The molecule has 1 rings (SSSR count). The van der Waals surface area contributed by atoms with E-state index in [1.165, 1.54) is 0 Å². The van der Waals surface area contributed by atoms with Crippen molar-refractivity contribution in [3.05, 3.63) is 53.0 Å². The number of hydrogen-bond acceptors (Lipinski definition) is 5. The smallest absolute Gasteiger partial charge is 0.252 e. The molecule has 0 aliphatic carbocycles. The number of nitrogens with zero attached hydrogens (tertiary/aromatic N) is 1. The second-order valence-electron chi connectivity index (χ2n) is 4.94. The van der Waals surface area contributed by atoms with Gasteiger partial charge in [0, 0.05) is 11.3 Å². The number of halogens is 1. The summed E-state index contributed by atoms with van der Waals surface area (Å²) in [6.45, 7) is 5.57. The fraction of sp³-hybridized carbons (Fsp3) is 0.294. The second kappa shape index (κ2) is 9.00. The van der Waals surface area contributed by atoms with E-state index in [1.807, 2.05) is 6.92 Å². The molecule has 0 aliphatic heterocycles. The molecule has 6 heteroatoms. The fourth-order valence-electron chi connectivity index (χ4n) is 1.64. The number of carbonyl (C=O) groups excluding carboxylic acids is 1. The van der Waals surface area contributed by atoms with Crippen LogP contribution >= 0.6 is 11.6 Å². The Hall–Kier alpha value is -2.27. The van der Waals surface area contributed by atoms with Crippen molar-refractivity contribution >= 4 is 22.5 Å². The van der Waals surface area contributed by atoms with Gasteiger partial charge in [0.15, 0.2) is 0 Å². The van der Waals surface area contributed by atoms with Gasteiger partial charge in [0.1, 0.15) is 6.61 Å². The number of rotatable bonds is 7. The lowest BCUT2D eigenvalue weighted by atomic mass is 10.1. The summed E-state index contributed by atoms with van der Waals surface area (Å²) in [6.07, 6.45) is 5.04. The van der Waals surface area contributed by atoms with Crippen LogP contribution in [0.25, 0.3) is 0 Å². The molecule has 2 N–H and O–H groups in total. The Kier molecular flexibility index (Phi) is 7.35. The molecular formula is C17H21ClN2O3. The molecule has 0 unspecified atom stereocenters. The molecule has 5 nitrogen and oxygen atoms in total. The maximum Gasteiger partial charge on any atom is 0.252 e. The number of aryl methyl sites for hydroxylation is 1. The molecular weight excluding hydrogens is 316 g/mol. The number of ether oxygens (including phenoxy) is 2. The molecule has 0 saturated heterocycles. The van der Waals surface area contributed by atoms with E-state index < -0.39 is 5.24 Å². The maximum absolute atomic E-state index is 11.6. The van der Waals surface area contributed by atoms with E-state index in [4.69, 9.17) is 26.8 Å². The summed E-state index contributed by atoms with van der Waals surface area (Å²) in [5.74, 6) is 1.05. The van der Waals surface area contributed by atoms with Gasteiger partial charge in [-0.1, -0.05) is 6.08 Å². The number of methoxy groups -OCH3 is 1. The van der Waals surface area contributed by atoms with Gasteiger partial charge in [0.25, 0.3) is 5.24 Å². The number of pyridine rings is 1. The fourth-order valence-corrected chi connectivity index (χ4v) is 1.86. The number of carbonyl (C=O) groups is 1. The Balaban J connectivity index is 2.91. The number of nitrogens with two attached hydrogens (primary N) is 1. The topological polar surface area (TPSA) is 74.4 Å². The maximum atomic E-state index is 11.6. The van der Waals surface area contributed by atoms with Crippen molar-refractivity contribution in [3.63, 3.8) is 0 Å². The van der Waals surface area contributed by atoms with Crippen molar-refractivity contribution < 1.29 is 14.3 Å². The third kappa shape index (κ3) is 6.16.